The molecule has 350 valence electrons. The molecule has 7 atom stereocenters. The van der Waals surface area contributed by atoms with Crippen LogP contribution in [0.25, 0.3) is 0 Å². The van der Waals surface area contributed by atoms with Crippen molar-refractivity contribution in [3.63, 3.8) is 0 Å². The van der Waals surface area contributed by atoms with Crippen molar-refractivity contribution >= 4 is 5.91 Å². The average molecular weight is 840 g/mol. The third-order valence-corrected chi connectivity index (χ3v) is 12.4. The number of amides is 1. The van der Waals surface area contributed by atoms with Crippen LogP contribution in [0, 0.1) is 0 Å². The van der Waals surface area contributed by atoms with Gasteiger partial charge in [0.2, 0.25) is 5.91 Å². The molecule has 6 N–H and O–H groups in total. The van der Waals surface area contributed by atoms with Crippen molar-refractivity contribution in [2.75, 3.05) is 13.2 Å². The molecule has 0 saturated carbocycles. The van der Waals surface area contributed by atoms with Crippen molar-refractivity contribution in [1.82, 2.24) is 5.32 Å². The molecule has 1 saturated heterocycles. The van der Waals surface area contributed by atoms with Crippen LogP contribution in [-0.2, 0) is 14.3 Å². The Morgan fingerprint density at radius 2 is 0.949 bits per heavy atom. The standard InChI is InChI=1S/C50H97NO8/c1-3-5-7-9-11-13-15-17-18-19-20-21-22-23-24-25-26-27-28-29-31-33-35-37-39-44(53)43(42-58-50-49(57)48(56)47(55)45(41-52)59-50)51-46(54)40-38-36-34-32-30-16-14-12-10-8-6-4-2/h12,14,43-45,47-50,52-53,55-57H,3-11,13,15-42H2,1-2H3,(H,51,54)/b14-12-. The highest BCUT2D eigenvalue weighted by Gasteiger charge is 2.44. The van der Waals surface area contributed by atoms with Gasteiger partial charge in [-0.25, -0.2) is 0 Å². The van der Waals surface area contributed by atoms with Gasteiger partial charge in [-0.15, -0.1) is 0 Å². The van der Waals surface area contributed by atoms with E-state index < -0.39 is 49.5 Å². The van der Waals surface area contributed by atoms with Crippen molar-refractivity contribution in [1.29, 1.82) is 0 Å². The maximum absolute atomic E-state index is 13.0. The molecule has 7 unspecified atom stereocenters. The number of carbonyl (C=O) groups excluding carboxylic acids is 1. The summed E-state index contributed by atoms with van der Waals surface area (Å²) < 4.78 is 11.3. The summed E-state index contributed by atoms with van der Waals surface area (Å²) >= 11 is 0. The van der Waals surface area contributed by atoms with E-state index in [0.29, 0.717) is 12.8 Å². The number of allylic oxidation sites excluding steroid dienone is 2. The molecule has 0 aliphatic carbocycles. The van der Waals surface area contributed by atoms with Crippen LogP contribution in [0.15, 0.2) is 12.2 Å². The SMILES string of the molecule is CCCCC/C=C\CCCCCCCC(=O)NC(COC1OC(CO)C(O)C(O)C1O)C(O)CCCCCCCCCCCCCCCCCCCCCCCCCC. The summed E-state index contributed by atoms with van der Waals surface area (Å²) in [5.74, 6) is -0.152. The molecule has 59 heavy (non-hydrogen) atoms. The maximum Gasteiger partial charge on any atom is 0.220 e. The van der Waals surface area contributed by atoms with Gasteiger partial charge in [0.25, 0.3) is 0 Å². The summed E-state index contributed by atoms with van der Waals surface area (Å²) in [4.78, 5) is 13.0. The highest BCUT2D eigenvalue weighted by molar-refractivity contribution is 5.76. The zero-order valence-corrected chi connectivity index (χ0v) is 38.5. The lowest BCUT2D eigenvalue weighted by Gasteiger charge is -2.40. The van der Waals surface area contributed by atoms with Gasteiger partial charge in [0.05, 0.1) is 25.4 Å². The van der Waals surface area contributed by atoms with Gasteiger partial charge in [-0.1, -0.05) is 212 Å². The van der Waals surface area contributed by atoms with Gasteiger partial charge in [-0.2, -0.15) is 0 Å². The summed E-state index contributed by atoms with van der Waals surface area (Å²) in [6.07, 6.45) is 40.9. The van der Waals surface area contributed by atoms with E-state index in [0.717, 1.165) is 51.4 Å². The Kier molecular flexibility index (Phi) is 38.9. The van der Waals surface area contributed by atoms with Crippen LogP contribution in [0.3, 0.4) is 0 Å². The number of rotatable bonds is 43. The molecule has 1 fully saturated rings. The molecule has 9 heteroatoms. The van der Waals surface area contributed by atoms with Crippen molar-refractivity contribution in [3.05, 3.63) is 12.2 Å². The highest BCUT2D eigenvalue weighted by Crippen LogP contribution is 2.23. The molecule has 0 bridgehead atoms. The topological polar surface area (TPSA) is 149 Å². The van der Waals surface area contributed by atoms with Gasteiger partial charge < -0.3 is 40.3 Å². The largest absolute Gasteiger partial charge is 0.394 e. The van der Waals surface area contributed by atoms with Crippen LogP contribution in [0.2, 0.25) is 0 Å². The van der Waals surface area contributed by atoms with E-state index in [9.17, 15) is 30.3 Å². The predicted octanol–water partition coefficient (Wildman–Crippen LogP) is 11.3. The monoisotopic (exact) mass is 840 g/mol. The first-order chi connectivity index (χ1) is 28.8. The second-order valence-corrected chi connectivity index (χ2v) is 18.0. The first-order valence-corrected chi connectivity index (χ1v) is 25.4. The first-order valence-electron chi connectivity index (χ1n) is 25.4. The van der Waals surface area contributed by atoms with E-state index in [2.05, 4.69) is 31.3 Å². The molecule has 1 amide bonds. The minimum atomic E-state index is -1.55. The van der Waals surface area contributed by atoms with E-state index >= 15 is 0 Å². The Morgan fingerprint density at radius 3 is 1.41 bits per heavy atom. The Balaban J connectivity index is 2.22. The zero-order valence-electron chi connectivity index (χ0n) is 38.5. The number of carbonyl (C=O) groups is 1. The van der Waals surface area contributed by atoms with Crippen LogP contribution in [-0.4, -0.2) is 87.5 Å². The molecule has 0 aromatic carbocycles. The minimum absolute atomic E-state index is 0.138. The zero-order chi connectivity index (χ0) is 43.0. The van der Waals surface area contributed by atoms with Crippen LogP contribution < -0.4 is 5.32 Å². The second kappa shape index (κ2) is 41.0. The summed E-state index contributed by atoms with van der Waals surface area (Å²) in [5.41, 5.74) is 0. The van der Waals surface area contributed by atoms with E-state index in [1.165, 1.54) is 167 Å². The molecule has 0 aromatic rings. The number of nitrogens with one attached hydrogen (secondary N) is 1. The lowest BCUT2D eigenvalue weighted by molar-refractivity contribution is -0.302. The van der Waals surface area contributed by atoms with E-state index in [-0.39, 0.29) is 12.5 Å². The van der Waals surface area contributed by atoms with Gasteiger partial charge in [0, 0.05) is 6.42 Å². The average Bonchev–Trinajstić information content (AvgIpc) is 3.23. The van der Waals surface area contributed by atoms with Gasteiger partial charge in [-0.3, -0.25) is 4.79 Å². The fourth-order valence-corrected chi connectivity index (χ4v) is 8.27. The van der Waals surface area contributed by atoms with Crippen molar-refractivity contribution in [2.24, 2.45) is 0 Å². The summed E-state index contributed by atoms with van der Waals surface area (Å²) in [6.45, 7) is 3.82. The molecule has 0 spiro atoms. The quantitative estimate of drug-likeness (QED) is 0.0263. The van der Waals surface area contributed by atoms with E-state index in [4.69, 9.17) is 9.47 Å². The predicted molar refractivity (Wildman–Crippen MR) is 244 cm³/mol. The van der Waals surface area contributed by atoms with Gasteiger partial charge >= 0.3 is 0 Å². The fourth-order valence-electron chi connectivity index (χ4n) is 8.27. The molecule has 0 aromatic heterocycles. The number of hydrogen-bond acceptors (Lipinski definition) is 8. The Bertz CT molecular complexity index is 935. The van der Waals surface area contributed by atoms with E-state index in [1.807, 2.05) is 0 Å². The summed E-state index contributed by atoms with van der Waals surface area (Å²) in [5, 5.41) is 54.4. The van der Waals surface area contributed by atoms with Crippen LogP contribution in [0.5, 0.6) is 0 Å². The molecule has 1 aliphatic heterocycles. The van der Waals surface area contributed by atoms with Gasteiger partial charge in [-0.05, 0) is 38.5 Å². The number of ether oxygens (including phenoxy) is 2. The van der Waals surface area contributed by atoms with Crippen molar-refractivity contribution < 1.29 is 39.8 Å². The number of aliphatic hydroxyl groups excluding tert-OH is 5. The third-order valence-electron chi connectivity index (χ3n) is 12.4. The molecule has 1 rings (SSSR count). The molecular weight excluding hydrogens is 743 g/mol. The number of hydrogen-bond donors (Lipinski definition) is 6. The van der Waals surface area contributed by atoms with Crippen molar-refractivity contribution in [2.45, 2.75) is 288 Å². The highest BCUT2D eigenvalue weighted by atomic mass is 16.7. The summed E-state index contributed by atoms with van der Waals surface area (Å²) in [7, 11) is 0. The van der Waals surface area contributed by atoms with Crippen LogP contribution in [0.4, 0.5) is 0 Å². The molecular formula is C50H97NO8. The fraction of sp³-hybridized carbons (Fsp3) is 0.940. The minimum Gasteiger partial charge on any atom is -0.394 e. The normalized spacial score (nSPS) is 20.7. The Labute approximate surface area is 363 Å². The molecule has 1 heterocycles. The van der Waals surface area contributed by atoms with Crippen LogP contribution in [0.1, 0.15) is 245 Å². The van der Waals surface area contributed by atoms with Crippen LogP contribution >= 0.6 is 0 Å². The van der Waals surface area contributed by atoms with Crippen molar-refractivity contribution in [3.8, 4) is 0 Å². The smallest absolute Gasteiger partial charge is 0.220 e. The second-order valence-electron chi connectivity index (χ2n) is 18.0. The maximum atomic E-state index is 13.0. The molecule has 1 aliphatic rings. The Hall–Kier alpha value is -1.07. The lowest BCUT2D eigenvalue weighted by atomic mass is 9.99. The van der Waals surface area contributed by atoms with E-state index in [1.54, 1.807) is 0 Å². The Morgan fingerprint density at radius 1 is 0.559 bits per heavy atom. The lowest BCUT2D eigenvalue weighted by Crippen LogP contribution is -2.60. The molecule has 9 nitrogen and oxygen atoms in total. The van der Waals surface area contributed by atoms with Gasteiger partial charge in [0.1, 0.15) is 24.4 Å². The third kappa shape index (κ3) is 31.4. The number of unbranched alkanes of at least 4 members (excludes halogenated alkanes) is 31. The summed E-state index contributed by atoms with van der Waals surface area (Å²) in [6, 6.07) is -0.719. The molecule has 0 radical (unpaired) electrons. The first kappa shape index (κ1) is 55.9. The number of aliphatic hydroxyl groups is 5. The van der Waals surface area contributed by atoms with Gasteiger partial charge in [0.15, 0.2) is 6.29 Å².